The van der Waals surface area contributed by atoms with Crippen LogP contribution in [0.5, 0.6) is 0 Å². The Bertz CT molecular complexity index is 531. The molecule has 2 rings (SSSR count). The second-order valence-electron chi connectivity index (χ2n) is 4.73. The van der Waals surface area contributed by atoms with E-state index in [0.717, 1.165) is 23.5 Å². The van der Waals surface area contributed by atoms with Crippen molar-refractivity contribution in [3.63, 3.8) is 0 Å². The Morgan fingerprint density at radius 2 is 1.89 bits per heavy atom. The Labute approximate surface area is 122 Å². The minimum atomic E-state index is 0.813. The van der Waals surface area contributed by atoms with Crippen molar-refractivity contribution in [3.8, 4) is 0 Å². The van der Waals surface area contributed by atoms with Crippen LogP contribution in [0, 0.1) is 0 Å². The Morgan fingerprint density at radius 1 is 1.21 bits per heavy atom. The Morgan fingerprint density at radius 3 is 2.47 bits per heavy atom. The average Bonchev–Trinajstić information content (AvgIpc) is 2.74. The van der Waals surface area contributed by atoms with Gasteiger partial charge in [0, 0.05) is 38.7 Å². The monoisotopic (exact) mass is 322 g/mol. The highest BCUT2D eigenvalue weighted by atomic mass is 79.9. The molecule has 4 nitrogen and oxygen atoms in total. The normalized spacial score (nSPS) is 10.7. The smallest absolute Gasteiger partial charge is 0.204 e. The minimum Gasteiger partial charge on any atom is -0.348 e. The number of anilines is 1. The standard InChI is InChI=1S/C14H19BrN4/c1-18(2)14-17-10-13(19(14)3)9-16-8-11-4-6-12(15)7-5-11/h4-7,10,16H,8-9H2,1-3H3. The zero-order chi connectivity index (χ0) is 13.8. The molecule has 102 valence electrons. The maximum absolute atomic E-state index is 4.40. The van der Waals surface area contributed by atoms with Crippen molar-refractivity contribution in [2.45, 2.75) is 13.1 Å². The van der Waals surface area contributed by atoms with Crippen LogP contribution in [0.4, 0.5) is 5.95 Å². The number of halogens is 1. The topological polar surface area (TPSA) is 33.1 Å². The van der Waals surface area contributed by atoms with Crippen molar-refractivity contribution in [1.82, 2.24) is 14.9 Å². The van der Waals surface area contributed by atoms with Crippen LogP contribution in [-0.4, -0.2) is 23.6 Å². The van der Waals surface area contributed by atoms with Gasteiger partial charge in [0.05, 0.1) is 11.9 Å². The van der Waals surface area contributed by atoms with Crippen molar-refractivity contribution in [3.05, 3.63) is 46.2 Å². The predicted octanol–water partition coefficient (Wildman–Crippen LogP) is 2.54. The molecule has 1 heterocycles. The molecule has 0 aliphatic heterocycles. The van der Waals surface area contributed by atoms with Gasteiger partial charge in [-0.05, 0) is 17.7 Å². The van der Waals surface area contributed by atoms with E-state index in [1.807, 2.05) is 32.2 Å². The first-order valence-electron chi connectivity index (χ1n) is 6.21. The fraction of sp³-hybridized carbons (Fsp3) is 0.357. The van der Waals surface area contributed by atoms with Gasteiger partial charge in [-0.1, -0.05) is 28.1 Å². The molecule has 0 saturated carbocycles. The first-order chi connectivity index (χ1) is 9.08. The van der Waals surface area contributed by atoms with Crippen molar-refractivity contribution < 1.29 is 0 Å². The van der Waals surface area contributed by atoms with Crippen molar-refractivity contribution in [2.24, 2.45) is 7.05 Å². The molecule has 0 amide bonds. The third-order valence-electron chi connectivity index (χ3n) is 3.01. The molecule has 0 bridgehead atoms. The highest BCUT2D eigenvalue weighted by molar-refractivity contribution is 9.10. The largest absolute Gasteiger partial charge is 0.348 e. The Balaban J connectivity index is 1.91. The number of hydrogen-bond acceptors (Lipinski definition) is 3. The number of aromatic nitrogens is 2. The zero-order valence-electron chi connectivity index (χ0n) is 11.5. The predicted molar refractivity (Wildman–Crippen MR) is 82.2 cm³/mol. The lowest BCUT2D eigenvalue weighted by Crippen LogP contribution is -2.18. The third-order valence-corrected chi connectivity index (χ3v) is 3.54. The molecular formula is C14H19BrN4. The van der Waals surface area contributed by atoms with Crippen molar-refractivity contribution >= 4 is 21.9 Å². The number of benzene rings is 1. The molecule has 1 aromatic carbocycles. The minimum absolute atomic E-state index is 0.813. The highest BCUT2D eigenvalue weighted by Crippen LogP contribution is 2.12. The van der Waals surface area contributed by atoms with Gasteiger partial charge < -0.3 is 14.8 Å². The van der Waals surface area contributed by atoms with Gasteiger partial charge in [0.1, 0.15) is 0 Å². The summed E-state index contributed by atoms with van der Waals surface area (Å²) in [5.74, 6) is 0.973. The van der Waals surface area contributed by atoms with Crippen LogP contribution in [0.15, 0.2) is 34.9 Å². The maximum atomic E-state index is 4.40. The van der Waals surface area contributed by atoms with E-state index in [4.69, 9.17) is 0 Å². The fourth-order valence-electron chi connectivity index (χ4n) is 1.95. The molecule has 0 unspecified atom stereocenters. The second kappa shape index (κ2) is 6.21. The molecule has 0 atom stereocenters. The SMILES string of the molecule is CN(C)c1ncc(CNCc2ccc(Br)cc2)n1C. The third kappa shape index (κ3) is 3.58. The number of nitrogens with one attached hydrogen (secondary N) is 1. The zero-order valence-corrected chi connectivity index (χ0v) is 13.1. The first kappa shape index (κ1) is 14.1. The lowest BCUT2D eigenvalue weighted by Gasteiger charge is -2.13. The van der Waals surface area contributed by atoms with Crippen LogP contribution in [-0.2, 0) is 20.1 Å². The summed E-state index contributed by atoms with van der Waals surface area (Å²) in [5, 5.41) is 3.44. The van der Waals surface area contributed by atoms with Crippen molar-refractivity contribution in [2.75, 3.05) is 19.0 Å². The van der Waals surface area contributed by atoms with Crippen LogP contribution in [0.1, 0.15) is 11.3 Å². The van der Waals surface area contributed by atoms with Gasteiger partial charge in [0.15, 0.2) is 0 Å². The van der Waals surface area contributed by atoms with E-state index >= 15 is 0 Å². The van der Waals surface area contributed by atoms with Gasteiger partial charge in [-0.15, -0.1) is 0 Å². The molecule has 0 saturated heterocycles. The molecule has 5 heteroatoms. The fourth-order valence-corrected chi connectivity index (χ4v) is 2.22. The van der Waals surface area contributed by atoms with Gasteiger partial charge >= 0.3 is 0 Å². The molecule has 1 N–H and O–H groups in total. The van der Waals surface area contributed by atoms with E-state index in [-0.39, 0.29) is 0 Å². The van der Waals surface area contributed by atoms with Gasteiger partial charge in [0.25, 0.3) is 0 Å². The number of hydrogen-bond donors (Lipinski definition) is 1. The number of imidazole rings is 1. The molecule has 2 aromatic rings. The molecule has 0 aliphatic rings. The number of nitrogens with zero attached hydrogens (tertiary/aromatic N) is 3. The molecule has 0 fully saturated rings. The summed E-state index contributed by atoms with van der Waals surface area (Å²) in [7, 11) is 6.04. The van der Waals surface area contributed by atoms with Crippen LogP contribution in [0.25, 0.3) is 0 Å². The van der Waals surface area contributed by atoms with Crippen molar-refractivity contribution in [1.29, 1.82) is 0 Å². The summed E-state index contributed by atoms with van der Waals surface area (Å²) >= 11 is 3.44. The lowest BCUT2D eigenvalue weighted by molar-refractivity contribution is 0.654. The highest BCUT2D eigenvalue weighted by Gasteiger charge is 2.07. The van der Waals surface area contributed by atoms with E-state index in [0.29, 0.717) is 0 Å². The second-order valence-corrected chi connectivity index (χ2v) is 5.65. The van der Waals surface area contributed by atoms with Gasteiger partial charge in [-0.2, -0.15) is 0 Å². The molecular weight excluding hydrogens is 304 g/mol. The quantitative estimate of drug-likeness (QED) is 0.918. The Kier molecular flexibility index (Phi) is 4.61. The van der Waals surface area contributed by atoms with Gasteiger partial charge in [0.2, 0.25) is 5.95 Å². The average molecular weight is 323 g/mol. The summed E-state index contributed by atoms with van der Waals surface area (Å²) in [5.41, 5.74) is 2.46. The van der Waals surface area contributed by atoms with Crippen LogP contribution in [0.2, 0.25) is 0 Å². The number of rotatable bonds is 5. The van der Waals surface area contributed by atoms with E-state index in [9.17, 15) is 0 Å². The molecule has 0 spiro atoms. The summed E-state index contributed by atoms with van der Waals surface area (Å²) in [6.07, 6.45) is 1.92. The van der Waals surface area contributed by atoms with E-state index < -0.39 is 0 Å². The first-order valence-corrected chi connectivity index (χ1v) is 7.00. The van der Waals surface area contributed by atoms with E-state index in [1.165, 1.54) is 11.3 Å². The maximum Gasteiger partial charge on any atom is 0.204 e. The summed E-state index contributed by atoms with van der Waals surface area (Å²) < 4.78 is 3.22. The summed E-state index contributed by atoms with van der Waals surface area (Å²) in [4.78, 5) is 6.41. The van der Waals surface area contributed by atoms with Crippen LogP contribution in [0.3, 0.4) is 0 Å². The lowest BCUT2D eigenvalue weighted by atomic mass is 10.2. The van der Waals surface area contributed by atoms with E-state index in [1.54, 1.807) is 0 Å². The van der Waals surface area contributed by atoms with Crippen LogP contribution >= 0.6 is 15.9 Å². The molecule has 1 aromatic heterocycles. The Hall–Kier alpha value is -1.33. The van der Waals surface area contributed by atoms with Gasteiger partial charge in [-0.25, -0.2) is 4.98 Å². The summed E-state index contributed by atoms with van der Waals surface area (Å²) in [6, 6.07) is 8.35. The van der Waals surface area contributed by atoms with Crippen LogP contribution < -0.4 is 10.2 Å². The van der Waals surface area contributed by atoms with Gasteiger partial charge in [-0.3, -0.25) is 0 Å². The molecule has 19 heavy (non-hydrogen) atoms. The summed E-state index contributed by atoms with van der Waals surface area (Å²) in [6.45, 7) is 1.67. The molecule has 0 radical (unpaired) electrons. The molecule has 0 aliphatic carbocycles. The van der Waals surface area contributed by atoms with E-state index in [2.05, 4.69) is 55.1 Å².